The summed E-state index contributed by atoms with van der Waals surface area (Å²) in [4.78, 5) is 19.3. The van der Waals surface area contributed by atoms with Crippen LogP contribution in [0.5, 0.6) is 0 Å². The molecule has 1 amide bonds. The van der Waals surface area contributed by atoms with Crippen LogP contribution >= 0.6 is 11.6 Å². The Labute approximate surface area is 181 Å². The number of halogens is 1. The largest absolute Gasteiger partial charge is 0.343 e. The number of carbonyl (C=O) groups excluding carboxylic acids is 1. The van der Waals surface area contributed by atoms with Crippen molar-refractivity contribution in [2.24, 2.45) is 0 Å². The first-order valence-corrected chi connectivity index (χ1v) is 10.7. The van der Waals surface area contributed by atoms with Gasteiger partial charge in [0.1, 0.15) is 0 Å². The van der Waals surface area contributed by atoms with Crippen LogP contribution in [0.4, 0.5) is 0 Å². The molecule has 0 bridgehead atoms. The van der Waals surface area contributed by atoms with Crippen molar-refractivity contribution in [3.8, 4) is 11.4 Å². The maximum atomic E-state index is 12.5. The molecule has 0 saturated carbocycles. The Hall–Kier alpha value is -2.70. The second kappa shape index (κ2) is 9.87. The van der Waals surface area contributed by atoms with Gasteiger partial charge in [-0.3, -0.25) is 9.69 Å². The number of amides is 1. The van der Waals surface area contributed by atoms with Gasteiger partial charge < -0.3 is 9.84 Å². The average molecular weight is 425 g/mol. The Morgan fingerprint density at radius 1 is 1.03 bits per heavy atom. The number of benzene rings is 2. The predicted octanol–water partition coefficient (Wildman–Crippen LogP) is 4.70. The Morgan fingerprint density at radius 2 is 1.77 bits per heavy atom. The zero-order valence-electron chi connectivity index (χ0n) is 16.8. The summed E-state index contributed by atoms with van der Waals surface area (Å²) in [5.74, 6) is 0.563. The standard InChI is InChI=1S/C23H25ClN4O2/c24-20-8-4-3-7-19(20)22-26-21(30-27-22)15-25-23(29)18-11-9-17(10-12-18)16-28-13-5-1-2-6-14-28/h3-4,7-12H,1-2,5-6,13-16H2,(H,25,29). The van der Waals surface area contributed by atoms with E-state index in [-0.39, 0.29) is 12.5 Å². The van der Waals surface area contributed by atoms with Crippen LogP contribution in [-0.4, -0.2) is 34.0 Å². The monoisotopic (exact) mass is 424 g/mol. The molecule has 2 heterocycles. The molecule has 0 unspecified atom stereocenters. The Bertz CT molecular complexity index is 979. The van der Waals surface area contributed by atoms with Crippen molar-refractivity contribution in [2.75, 3.05) is 13.1 Å². The van der Waals surface area contributed by atoms with Crippen LogP contribution in [0.25, 0.3) is 11.4 Å². The lowest BCUT2D eigenvalue weighted by atomic mass is 10.1. The lowest BCUT2D eigenvalue weighted by Crippen LogP contribution is -2.24. The van der Waals surface area contributed by atoms with Gasteiger partial charge in [0.25, 0.3) is 5.91 Å². The van der Waals surface area contributed by atoms with Gasteiger partial charge in [0.15, 0.2) is 0 Å². The summed E-state index contributed by atoms with van der Waals surface area (Å²) in [7, 11) is 0. The quantitative estimate of drug-likeness (QED) is 0.621. The van der Waals surface area contributed by atoms with Gasteiger partial charge in [-0.25, -0.2) is 0 Å². The molecule has 0 spiro atoms. The van der Waals surface area contributed by atoms with Gasteiger partial charge in [-0.05, 0) is 55.8 Å². The van der Waals surface area contributed by atoms with E-state index < -0.39 is 0 Å². The lowest BCUT2D eigenvalue weighted by Gasteiger charge is -2.19. The minimum absolute atomic E-state index is 0.159. The fourth-order valence-electron chi connectivity index (χ4n) is 3.65. The molecule has 0 atom stereocenters. The Kier molecular flexibility index (Phi) is 6.77. The SMILES string of the molecule is O=C(NCc1nc(-c2ccccc2Cl)no1)c1ccc(CN2CCCCCC2)cc1. The first-order chi connectivity index (χ1) is 14.7. The molecule has 1 fully saturated rings. The zero-order chi connectivity index (χ0) is 20.8. The van der Waals surface area contributed by atoms with Crippen LogP contribution in [0, 0.1) is 0 Å². The van der Waals surface area contributed by atoms with Crippen LogP contribution in [0.1, 0.15) is 47.5 Å². The Balaban J connectivity index is 1.31. The first-order valence-electron chi connectivity index (χ1n) is 10.4. The number of hydrogen-bond donors (Lipinski definition) is 1. The third-order valence-corrected chi connectivity index (χ3v) is 5.63. The molecule has 0 aliphatic carbocycles. The van der Waals surface area contributed by atoms with Gasteiger partial charge in [0.05, 0.1) is 11.6 Å². The fourth-order valence-corrected chi connectivity index (χ4v) is 3.87. The molecule has 0 radical (unpaired) electrons. The molecular formula is C23H25ClN4O2. The molecule has 156 valence electrons. The van der Waals surface area contributed by atoms with E-state index in [9.17, 15) is 4.79 Å². The van der Waals surface area contributed by atoms with Crippen LogP contribution in [0.15, 0.2) is 53.1 Å². The average Bonchev–Trinajstić information content (AvgIpc) is 3.09. The number of hydrogen-bond acceptors (Lipinski definition) is 5. The van der Waals surface area contributed by atoms with E-state index in [0.29, 0.717) is 27.9 Å². The van der Waals surface area contributed by atoms with Crippen LogP contribution in [0.3, 0.4) is 0 Å². The molecule has 3 aromatic rings. The molecule has 2 aromatic carbocycles. The number of likely N-dealkylation sites (tertiary alicyclic amines) is 1. The molecular weight excluding hydrogens is 400 g/mol. The molecule has 4 rings (SSSR count). The predicted molar refractivity (Wildman–Crippen MR) is 116 cm³/mol. The highest BCUT2D eigenvalue weighted by atomic mass is 35.5. The fraction of sp³-hybridized carbons (Fsp3) is 0.348. The molecule has 1 aliphatic rings. The van der Waals surface area contributed by atoms with Crippen LogP contribution in [-0.2, 0) is 13.1 Å². The normalized spacial score (nSPS) is 15.0. The van der Waals surface area contributed by atoms with Gasteiger partial charge >= 0.3 is 0 Å². The maximum Gasteiger partial charge on any atom is 0.251 e. The summed E-state index contributed by atoms with van der Waals surface area (Å²) < 4.78 is 5.23. The minimum Gasteiger partial charge on any atom is -0.343 e. The molecule has 1 N–H and O–H groups in total. The van der Waals surface area contributed by atoms with Gasteiger partial charge in [-0.15, -0.1) is 0 Å². The lowest BCUT2D eigenvalue weighted by molar-refractivity contribution is 0.0946. The van der Waals surface area contributed by atoms with Crippen molar-refractivity contribution >= 4 is 17.5 Å². The number of nitrogens with zero attached hydrogens (tertiary/aromatic N) is 3. The van der Waals surface area contributed by atoms with E-state index in [1.807, 2.05) is 42.5 Å². The van der Waals surface area contributed by atoms with E-state index in [4.69, 9.17) is 16.1 Å². The molecule has 1 saturated heterocycles. The molecule has 7 heteroatoms. The van der Waals surface area contributed by atoms with Crippen LogP contribution in [0.2, 0.25) is 5.02 Å². The summed E-state index contributed by atoms with van der Waals surface area (Å²) in [6.45, 7) is 3.41. The van der Waals surface area contributed by atoms with E-state index in [1.54, 1.807) is 6.07 Å². The number of nitrogens with one attached hydrogen (secondary N) is 1. The summed E-state index contributed by atoms with van der Waals surface area (Å²) >= 11 is 6.16. The molecule has 1 aromatic heterocycles. The van der Waals surface area contributed by atoms with Crippen molar-refractivity contribution < 1.29 is 9.32 Å². The number of rotatable bonds is 6. The summed E-state index contributed by atoms with van der Waals surface area (Å²) in [6.07, 6.45) is 5.20. The van der Waals surface area contributed by atoms with Crippen molar-refractivity contribution in [1.29, 1.82) is 0 Å². The van der Waals surface area contributed by atoms with Gasteiger partial charge in [-0.2, -0.15) is 4.98 Å². The second-order valence-electron chi connectivity index (χ2n) is 7.56. The van der Waals surface area contributed by atoms with Gasteiger partial charge in [0.2, 0.25) is 11.7 Å². The van der Waals surface area contributed by atoms with Gasteiger partial charge in [-0.1, -0.05) is 53.9 Å². The summed E-state index contributed by atoms with van der Waals surface area (Å²) in [6, 6.07) is 15.1. The van der Waals surface area contributed by atoms with Crippen molar-refractivity contribution in [2.45, 2.75) is 38.8 Å². The van der Waals surface area contributed by atoms with E-state index >= 15 is 0 Å². The highest BCUT2D eigenvalue weighted by molar-refractivity contribution is 6.33. The topological polar surface area (TPSA) is 71.3 Å². The maximum absolute atomic E-state index is 12.5. The third kappa shape index (κ3) is 5.26. The third-order valence-electron chi connectivity index (χ3n) is 5.30. The smallest absolute Gasteiger partial charge is 0.251 e. The number of aromatic nitrogens is 2. The van der Waals surface area contributed by atoms with Gasteiger partial charge in [0, 0.05) is 17.7 Å². The zero-order valence-corrected chi connectivity index (χ0v) is 17.6. The molecule has 30 heavy (non-hydrogen) atoms. The van der Waals surface area contributed by atoms with Crippen molar-refractivity contribution in [1.82, 2.24) is 20.4 Å². The first kappa shape index (κ1) is 20.6. The van der Waals surface area contributed by atoms with Crippen molar-refractivity contribution in [3.63, 3.8) is 0 Å². The van der Waals surface area contributed by atoms with E-state index in [0.717, 1.165) is 19.6 Å². The Morgan fingerprint density at radius 3 is 2.50 bits per heavy atom. The summed E-state index contributed by atoms with van der Waals surface area (Å²) in [5.41, 5.74) is 2.54. The van der Waals surface area contributed by atoms with E-state index in [2.05, 4.69) is 20.4 Å². The van der Waals surface area contributed by atoms with E-state index in [1.165, 1.54) is 31.2 Å². The highest BCUT2D eigenvalue weighted by Gasteiger charge is 2.14. The molecule has 1 aliphatic heterocycles. The number of carbonyl (C=O) groups is 1. The second-order valence-corrected chi connectivity index (χ2v) is 7.97. The summed E-state index contributed by atoms with van der Waals surface area (Å²) in [5, 5.41) is 7.32. The highest BCUT2D eigenvalue weighted by Crippen LogP contribution is 2.24. The minimum atomic E-state index is -0.172. The van der Waals surface area contributed by atoms with Crippen molar-refractivity contribution in [3.05, 3.63) is 70.6 Å². The molecule has 6 nitrogen and oxygen atoms in total. The van der Waals surface area contributed by atoms with Crippen LogP contribution < -0.4 is 5.32 Å².